The van der Waals surface area contributed by atoms with E-state index >= 15 is 0 Å². The van der Waals surface area contributed by atoms with E-state index in [0.717, 1.165) is 18.4 Å². The Kier molecular flexibility index (Phi) is 2.16. The Morgan fingerprint density at radius 1 is 1.50 bits per heavy atom. The molecule has 1 nitrogen and oxygen atoms in total. The number of rotatable bonds is 3. The predicted octanol–water partition coefficient (Wildman–Crippen LogP) is 2.54. The quantitative estimate of drug-likeness (QED) is 0.780. The molecule has 1 fully saturated rings. The third kappa shape index (κ3) is 1.85. The molecule has 0 heterocycles. The van der Waals surface area contributed by atoms with Crippen LogP contribution in [-0.4, -0.2) is 10.7 Å². The van der Waals surface area contributed by atoms with Crippen LogP contribution < -0.4 is 0 Å². The van der Waals surface area contributed by atoms with E-state index in [4.69, 9.17) is 0 Å². The highest BCUT2D eigenvalue weighted by molar-refractivity contribution is 5.48. The number of aliphatic hydroxyl groups is 1. The van der Waals surface area contributed by atoms with Crippen LogP contribution in [0.4, 0.5) is 4.39 Å². The van der Waals surface area contributed by atoms with E-state index in [9.17, 15) is 9.50 Å². The van der Waals surface area contributed by atoms with E-state index in [-0.39, 0.29) is 5.82 Å². The lowest BCUT2D eigenvalue weighted by Crippen LogP contribution is -2.10. The van der Waals surface area contributed by atoms with E-state index in [0.29, 0.717) is 12.0 Å². The molecule has 0 spiro atoms. The fourth-order valence-corrected chi connectivity index (χ4v) is 1.55. The zero-order valence-corrected chi connectivity index (χ0v) is 7.96. The standard InChI is InChI=1S/C12H13FO/c1-2-10-4-3-9(7-11(10)13)8-12(14)5-6-12/h2-4,7,14H,1,5-6,8H2. The van der Waals surface area contributed by atoms with E-state index in [1.54, 1.807) is 6.07 Å². The van der Waals surface area contributed by atoms with Crippen LogP contribution in [0.1, 0.15) is 24.0 Å². The van der Waals surface area contributed by atoms with E-state index in [1.165, 1.54) is 12.1 Å². The highest BCUT2D eigenvalue weighted by atomic mass is 19.1. The van der Waals surface area contributed by atoms with Gasteiger partial charge in [0.25, 0.3) is 0 Å². The minimum atomic E-state index is -0.553. The first-order chi connectivity index (χ1) is 6.63. The van der Waals surface area contributed by atoms with E-state index in [2.05, 4.69) is 6.58 Å². The molecule has 0 aliphatic heterocycles. The monoisotopic (exact) mass is 192 g/mol. The third-order valence-electron chi connectivity index (χ3n) is 2.65. The van der Waals surface area contributed by atoms with Gasteiger partial charge in [-0.2, -0.15) is 0 Å². The SMILES string of the molecule is C=Cc1ccc(CC2(O)CC2)cc1F. The van der Waals surface area contributed by atoms with Crippen molar-refractivity contribution in [1.82, 2.24) is 0 Å². The van der Waals surface area contributed by atoms with Gasteiger partial charge in [0.05, 0.1) is 5.60 Å². The van der Waals surface area contributed by atoms with Gasteiger partial charge in [-0.25, -0.2) is 4.39 Å². The Balaban J connectivity index is 2.19. The predicted molar refractivity (Wildman–Crippen MR) is 54.4 cm³/mol. The second-order valence-electron chi connectivity index (χ2n) is 3.96. The third-order valence-corrected chi connectivity index (χ3v) is 2.65. The molecular weight excluding hydrogens is 179 g/mol. The lowest BCUT2D eigenvalue weighted by atomic mass is 10.0. The van der Waals surface area contributed by atoms with Gasteiger partial charge in [-0.3, -0.25) is 0 Å². The Labute approximate surface area is 82.9 Å². The number of benzene rings is 1. The molecule has 0 saturated heterocycles. The summed E-state index contributed by atoms with van der Waals surface area (Å²) in [4.78, 5) is 0. The van der Waals surface area contributed by atoms with Crippen LogP contribution in [-0.2, 0) is 6.42 Å². The van der Waals surface area contributed by atoms with Crippen LogP contribution in [0.3, 0.4) is 0 Å². The Morgan fingerprint density at radius 3 is 2.71 bits per heavy atom. The van der Waals surface area contributed by atoms with Gasteiger partial charge in [0, 0.05) is 12.0 Å². The molecule has 1 saturated carbocycles. The minimum absolute atomic E-state index is 0.262. The van der Waals surface area contributed by atoms with Gasteiger partial charge in [0.15, 0.2) is 0 Å². The van der Waals surface area contributed by atoms with Crippen LogP contribution in [0.2, 0.25) is 0 Å². The molecular formula is C12H13FO. The van der Waals surface area contributed by atoms with Gasteiger partial charge in [-0.1, -0.05) is 24.8 Å². The summed E-state index contributed by atoms with van der Waals surface area (Å²) in [7, 11) is 0. The summed E-state index contributed by atoms with van der Waals surface area (Å²) in [5.41, 5.74) is 0.812. The Bertz CT molecular complexity index is 367. The average Bonchev–Trinajstić information content (AvgIpc) is 2.84. The van der Waals surface area contributed by atoms with Crippen molar-refractivity contribution in [3.05, 3.63) is 41.7 Å². The Hall–Kier alpha value is -1.15. The maximum Gasteiger partial charge on any atom is 0.130 e. The maximum absolute atomic E-state index is 13.3. The van der Waals surface area contributed by atoms with Crippen molar-refractivity contribution in [2.24, 2.45) is 0 Å². The number of hydrogen-bond donors (Lipinski definition) is 1. The molecule has 1 N–H and O–H groups in total. The summed E-state index contributed by atoms with van der Waals surface area (Å²) >= 11 is 0. The summed E-state index contributed by atoms with van der Waals surface area (Å²) in [6, 6.07) is 5.02. The highest BCUT2D eigenvalue weighted by Crippen LogP contribution is 2.38. The van der Waals surface area contributed by atoms with Gasteiger partial charge in [0.2, 0.25) is 0 Å². The van der Waals surface area contributed by atoms with Crippen LogP contribution >= 0.6 is 0 Å². The van der Waals surface area contributed by atoms with Gasteiger partial charge < -0.3 is 5.11 Å². The van der Waals surface area contributed by atoms with Crippen molar-refractivity contribution < 1.29 is 9.50 Å². The Morgan fingerprint density at radius 2 is 2.21 bits per heavy atom. The first-order valence-corrected chi connectivity index (χ1v) is 4.76. The second-order valence-corrected chi connectivity index (χ2v) is 3.96. The molecule has 0 atom stereocenters. The number of halogens is 1. The molecule has 0 aromatic heterocycles. The zero-order valence-electron chi connectivity index (χ0n) is 7.96. The summed E-state index contributed by atoms with van der Waals surface area (Å²) in [5.74, 6) is -0.262. The summed E-state index contributed by atoms with van der Waals surface area (Å²) in [6.07, 6.45) is 3.71. The summed E-state index contributed by atoms with van der Waals surface area (Å²) < 4.78 is 13.3. The first kappa shape index (κ1) is 9.41. The van der Waals surface area contributed by atoms with E-state index in [1.807, 2.05) is 6.07 Å². The van der Waals surface area contributed by atoms with Crippen molar-refractivity contribution in [2.45, 2.75) is 24.9 Å². The van der Waals surface area contributed by atoms with Crippen molar-refractivity contribution in [2.75, 3.05) is 0 Å². The maximum atomic E-state index is 13.3. The first-order valence-electron chi connectivity index (χ1n) is 4.76. The molecule has 0 bridgehead atoms. The molecule has 2 rings (SSSR count). The van der Waals surface area contributed by atoms with Crippen LogP contribution in [0.15, 0.2) is 24.8 Å². The lowest BCUT2D eigenvalue weighted by Gasteiger charge is -2.08. The lowest BCUT2D eigenvalue weighted by molar-refractivity contribution is 0.151. The number of hydrogen-bond acceptors (Lipinski definition) is 1. The molecule has 1 aliphatic carbocycles. The molecule has 2 heteroatoms. The van der Waals surface area contributed by atoms with Crippen molar-refractivity contribution in [3.63, 3.8) is 0 Å². The molecule has 1 aromatic carbocycles. The van der Waals surface area contributed by atoms with Crippen LogP contribution in [0.25, 0.3) is 6.08 Å². The van der Waals surface area contributed by atoms with Gasteiger partial charge in [0.1, 0.15) is 5.82 Å². The van der Waals surface area contributed by atoms with Gasteiger partial charge >= 0.3 is 0 Å². The van der Waals surface area contributed by atoms with Gasteiger partial charge in [-0.15, -0.1) is 0 Å². The molecule has 74 valence electrons. The van der Waals surface area contributed by atoms with Crippen LogP contribution in [0.5, 0.6) is 0 Å². The summed E-state index contributed by atoms with van der Waals surface area (Å²) in [6.45, 7) is 3.52. The topological polar surface area (TPSA) is 20.2 Å². The molecule has 1 aromatic rings. The highest BCUT2D eigenvalue weighted by Gasteiger charge is 2.40. The fourth-order valence-electron chi connectivity index (χ4n) is 1.55. The smallest absolute Gasteiger partial charge is 0.130 e. The molecule has 0 unspecified atom stereocenters. The fraction of sp³-hybridized carbons (Fsp3) is 0.333. The van der Waals surface area contributed by atoms with Crippen molar-refractivity contribution in [3.8, 4) is 0 Å². The minimum Gasteiger partial charge on any atom is -0.390 e. The second kappa shape index (κ2) is 3.21. The van der Waals surface area contributed by atoms with Crippen LogP contribution in [0, 0.1) is 5.82 Å². The largest absolute Gasteiger partial charge is 0.390 e. The average molecular weight is 192 g/mol. The van der Waals surface area contributed by atoms with Crippen molar-refractivity contribution >= 4 is 6.08 Å². The molecule has 1 aliphatic rings. The molecule has 0 amide bonds. The summed E-state index contributed by atoms with van der Waals surface area (Å²) in [5, 5.41) is 9.66. The molecule has 14 heavy (non-hydrogen) atoms. The van der Waals surface area contributed by atoms with Crippen molar-refractivity contribution in [1.29, 1.82) is 0 Å². The zero-order chi connectivity index (χ0) is 10.2. The molecule has 0 radical (unpaired) electrons. The normalized spacial score (nSPS) is 17.9. The van der Waals surface area contributed by atoms with E-state index < -0.39 is 5.60 Å². The van der Waals surface area contributed by atoms with Gasteiger partial charge in [-0.05, 0) is 24.5 Å².